The molecule has 0 aliphatic rings. The van der Waals surface area contributed by atoms with E-state index in [0.29, 0.717) is 19.1 Å². The first-order chi connectivity index (χ1) is 8.38. The van der Waals surface area contributed by atoms with Gasteiger partial charge in [0.05, 0.1) is 24.1 Å². The van der Waals surface area contributed by atoms with E-state index in [0.717, 1.165) is 16.3 Å². The molecule has 0 N–H and O–H groups in total. The Labute approximate surface area is 110 Å². The number of benzene rings is 1. The summed E-state index contributed by atoms with van der Waals surface area (Å²) in [6, 6.07) is 10.2. The summed E-state index contributed by atoms with van der Waals surface area (Å²) in [6.07, 6.45) is 2.69. The Morgan fingerprint density at radius 2 is 2.06 bits per heavy atom. The van der Waals surface area contributed by atoms with Crippen LogP contribution in [-0.2, 0) is 23.6 Å². The maximum atomic E-state index is 5.72. The fourth-order valence-corrected chi connectivity index (χ4v) is 2.44. The lowest BCUT2D eigenvalue weighted by atomic mass is 10.2. The third-order valence-corrected chi connectivity index (χ3v) is 3.81. The fraction of sp³-hybridized carbons (Fsp3) is 0.308. The van der Waals surface area contributed by atoms with Crippen LogP contribution in [0.5, 0.6) is 0 Å². The molecule has 4 heteroatoms. The molecular formula is C13H14ClNOS. The molecular weight excluding hydrogens is 254 g/mol. The first-order valence-corrected chi connectivity index (χ1v) is 6.85. The van der Waals surface area contributed by atoms with Crippen molar-refractivity contribution in [2.45, 2.75) is 18.9 Å². The molecule has 1 aromatic heterocycles. The first kappa shape index (κ1) is 12.6. The smallest absolute Gasteiger partial charge is 0.0951 e. The number of hydrogen-bond donors (Lipinski definition) is 0. The molecule has 0 unspecified atom stereocenters. The van der Waals surface area contributed by atoms with Gasteiger partial charge in [-0.25, -0.2) is 4.98 Å². The van der Waals surface area contributed by atoms with Crippen LogP contribution >= 0.6 is 22.9 Å². The van der Waals surface area contributed by atoms with Gasteiger partial charge < -0.3 is 4.74 Å². The van der Waals surface area contributed by atoms with Crippen LogP contribution in [0.3, 0.4) is 0 Å². The Bertz CT molecular complexity index is 444. The van der Waals surface area contributed by atoms with Crippen molar-refractivity contribution >= 4 is 22.9 Å². The second-order valence-corrected chi connectivity index (χ2v) is 5.11. The van der Waals surface area contributed by atoms with Crippen LogP contribution in [0.15, 0.2) is 36.5 Å². The highest BCUT2D eigenvalue weighted by Crippen LogP contribution is 2.15. The van der Waals surface area contributed by atoms with E-state index in [1.54, 1.807) is 11.3 Å². The lowest BCUT2D eigenvalue weighted by Gasteiger charge is -2.02. The quantitative estimate of drug-likeness (QED) is 0.589. The zero-order valence-corrected chi connectivity index (χ0v) is 11.0. The maximum absolute atomic E-state index is 5.72. The van der Waals surface area contributed by atoms with Crippen molar-refractivity contribution < 1.29 is 4.74 Å². The van der Waals surface area contributed by atoms with E-state index >= 15 is 0 Å². The van der Waals surface area contributed by atoms with Crippen molar-refractivity contribution in [3.63, 3.8) is 0 Å². The summed E-state index contributed by atoms with van der Waals surface area (Å²) in [5, 5.41) is 1.09. The average molecular weight is 268 g/mol. The standard InChI is InChI=1S/C13H14ClNOS/c14-8-12-9-15-13(17-12)6-7-16-10-11-4-2-1-3-5-11/h1-5,9H,6-8,10H2. The molecule has 0 fully saturated rings. The van der Waals surface area contributed by atoms with Crippen LogP contribution in [0, 0.1) is 0 Å². The second-order valence-electron chi connectivity index (χ2n) is 3.64. The van der Waals surface area contributed by atoms with Gasteiger partial charge in [-0.2, -0.15) is 0 Å². The number of nitrogens with zero attached hydrogens (tertiary/aromatic N) is 1. The van der Waals surface area contributed by atoms with Crippen molar-refractivity contribution in [3.8, 4) is 0 Å². The van der Waals surface area contributed by atoms with Gasteiger partial charge in [0.1, 0.15) is 0 Å². The third kappa shape index (κ3) is 4.11. The van der Waals surface area contributed by atoms with Crippen molar-refractivity contribution in [2.24, 2.45) is 0 Å². The Morgan fingerprint density at radius 3 is 2.76 bits per heavy atom. The van der Waals surface area contributed by atoms with Crippen molar-refractivity contribution in [1.29, 1.82) is 0 Å². The molecule has 2 rings (SSSR count). The molecule has 2 aromatic rings. The van der Waals surface area contributed by atoms with E-state index in [4.69, 9.17) is 16.3 Å². The number of halogens is 1. The summed E-state index contributed by atoms with van der Waals surface area (Å²) in [5.41, 5.74) is 1.20. The van der Waals surface area contributed by atoms with Gasteiger partial charge in [0.2, 0.25) is 0 Å². The monoisotopic (exact) mass is 267 g/mol. The lowest BCUT2D eigenvalue weighted by molar-refractivity contribution is 0.124. The van der Waals surface area contributed by atoms with Crippen LogP contribution in [0.1, 0.15) is 15.4 Å². The maximum Gasteiger partial charge on any atom is 0.0951 e. The Hall–Kier alpha value is -0.900. The summed E-state index contributed by atoms with van der Waals surface area (Å²) in [5.74, 6) is 0.544. The van der Waals surface area contributed by atoms with E-state index in [9.17, 15) is 0 Å². The molecule has 0 radical (unpaired) electrons. The van der Waals surface area contributed by atoms with Crippen molar-refractivity contribution in [1.82, 2.24) is 4.98 Å². The van der Waals surface area contributed by atoms with Gasteiger partial charge in [-0.15, -0.1) is 22.9 Å². The van der Waals surface area contributed by atoms with Crippen molar-refractivity contribution in [3.05, 3.63) is 52.0 Å². The Balaban J connectivity index is 1.69. The molecule has 0 aliphatic carbocycles. The minimum atomic E-state index is 0.544. The first-order valence-electron chi connectivity index (χ1n) is 5.49. The minimum absolute atomic E-state index is 0.544. The molecule has 0 amide bonds. The SMILES string of the molecule is ClCc1cnc(CCOCc2ccccc2)s1. The number of rotatable bonds is 6. The van der Waals surface area contributed by atoms with E-state index < -0.39 is 0 Å². The van der Waals surface area contributed by atoms with Gasteiger partial charge >= 0.3 is 0 Å². The van der Waals surface area contributed by atoms with Crippen LogP contribution < -0.4 is 0 Å². The molecule has 0 saturated carbocycles. The highest BCUT2D eigenvalue weighted by molar-refractivity contribution is 7.11. The highest BCUT2D eigenvalue weighted by atomic mass is 35.5. The van der Waals surface area contributed by atoms with Crippen LogP contribution in [-0.4, -0.2) is 11.6 Å². The number of aromatic nitrogens is 1. The van der Waals surface area contributed by atoms with Gasteiger partial charge in [-0.1, -0.05) is 30.3 Å². The van der Waals surface area contributed by atoms with Crippen molar-refractivity contribution in [2.75, 3.05) is 6.61 Å². The molecule has 0 aliphatic heterocycles. The van der Waals surface area contributed by atoms with E-state index in [1.165, 1.54) is 5.56 Å². The number of ether oxygens (including phenoxy) is 1. The zero-order chi connectivity index (χ0) is 11.9. The fourth-order valence-electron chi connectivity index (χ4n) is 1.45. The highest BCUT2D eigenvalue weighted by Gasteiger charge is 2.01. The minimum Gasteiger partial charge on any atom is -0.376 e. The number of hydrogen-bond acceptors (Lipinski definition) is 3. The van der Waals surface area contributed by atoms with Gasteiger partial charge in [0.15, 0.2) is 0 Å². The van der Waals surface area contributed by atoms with Gasteiger partial charge in [0.25, 0.3) is 0 Å². The molecule has 0 saturated heterocycles. The number of alkyl halides is 1. The molecule has 90 valence electrons. The van der Waals surface area contributed by atoms with Gasteiger partial charge in [-0.05, 0) is 5.56 Å². The summed E-state index contributed by atoms with van der Waals surface area (Å²) >= 11 is 7.38. The second kappa shape index (κ2) is 6.74. The third-order valence-electron chi connectivity index (χ3n) is 2.30. The largest absolute Gasteiger partial charge is 0.376 e. The van der Waals surface area contributed by atoms with E-state index in [2.05, 4.69) is 17.1 Å². The molecule has 0 spiro atoms. The van der Waals surface area contributed by atoms with Gasteiger partial charge in [-0.3, -0.25) is 0 Å². The molecule has 2 nitrogen and oxygen atoms in total. The van der Waals surface area contributed by atoms with Gasteiger partial charge in [0, 0.05) is 17.5 Å². The molecule has 0 atom stereocenters. The number of thiazole rings is 1. The molecule has 1 heterocycles. The summed E-state index contributed by atoms with van der Waals surface area (Å²) in [6.45, 7) is 1.36. The summed E-state index contributed by atoms with van der Waals surface area (Å²) in [7, 11) is 0. The topological polar surface area (TPSA) is 22.1 Å². The summed E-state index contributed by atoms with van der Waals surface area (Å²) in [4.78, 5) is 5.40. The molecule has 17 heavy (non-hydrogen) atoms. The lowest BCUT2D eigenvalue weighted by Crippen LogP contribution is -1.98. The predicted molar refractivity (Wildman–Crippen MR) is 71.5 cm³/mol. The average Bonchev–Trinajstić information content (AvgIpc) is 2.84. The Morgan fingerprint density at radius 1 is 1.24 bits per heavy atom. The molecule has 0 bridgehead atoms. The van der Waals surface area contributed by atoms with E-state index in [-0.39, 0.29) is 0 Å². The summed E-state index contributed by atoms with van der Waals surface area (Å²) < 4.78 is 5.60. The normalized spacial score (nSPS) is 10.6. The predicted octanol–water partition coefficient (Wildman–Crippen LogP) is 3.64. The van der Waals surface area contributed by atoms with Crippen LogP contribution in [0.2, 0.25) is 0 Å². The van der Waals surface area contributed by atoms with E-state index in [1.807, 2.05) is 24.4 Å². The Kier molecular flexibility index (Phi) is 4.98. The molecule has 1 aromatic carbocycles. The van der Waals surface area contributed by atoms with Crippen LogP contribution in [0.4, 0.5) is 0 Å². The zero-order valence-electron chi connectivity index (χ0n) is 9.43. The van der Waals surface area contributed by atoms with Crippen LogP contribution in [0.25, 0.3) is 0 Å².